The standard InChI is InChI=1S/C8H5ClN2O6/c9-4-1-3(11(16)17)2-10-6(4)5(7(12)13)8(14)15/h1-2,5H,(H,12,13)(H,14,15). The first-order chi connectivity index (χ1) is 7.84. The Kier molecular flexibility index (Phi) is 3.59. The molecule has 0 aliphatic carbocycles. The Morgan fingerprint density at radius 3 is 2.29 bits per heavy atom. The van der Waals surface area contributed by atoms with E-state index < -0.39 is 34.2 Å². The van der Waals surface area contributed by atoms with Crippen LogP contribution in [0.25, 0.3) is 0 Å². The van der Waals surface area contributed by atoms with E-state index in [0.29, 0.717) is 0 Å². The molecule has 0 saturated carbocycles. The molecule has 0 saturated heterocycles. The number of nitrogens with zero attached hydrogens (tertiary/aromatic N) is 2. The van der Waals surface area contributed by atoms with Crippen molar-refractivity contribution in [1.29, 1.82) is 0 Å². The van der Waals surface area contributed by atoms with E-state index in [1.807, 2.05) is 0 Å². The molecule has 1 heterocycles. The lowest BCUT2D eigenvalue weighted by atomic mass is 10.1. The summed E-state index contributed by atoms with van der Waals surface area (Å²) in [6.45, 7) is 0. The van der Waals surface area contributed by atoms with Crippen LogP contribution in [0, 0.1) is 10.1 Å². The fourth-order valence-electron chi connectivity index (χ4n) is 1.09. The van der Waals surface area contributed by atoms with Crippen LogP contribution in [0.1, 0.15) is 11.6 Å². The molecular formula is C8H5ClN2O6. The average molecular weight is 261 g/mol. The van der Waals surface area contributed by atoms with Gasteiger partial charge in [0.15, 0.2) is 5.92 Å². The first-order valence-electron chi connectivity index (χ1n) is 4.10. The molecule has 0 radical (unpaired) electrons. The summed E-state index contributed by atoms with van der Waals surface area (Å²) in [6.07, 6.45) is 0.750. The summed E-state index contributed by atoms with van der Waals surface area (Å²) in [5.74, 6) is -5.26. The SMILES string of the molecule is O=C(O)C(C(=O)O)c1ncc([N+](=O)[O-])cc1Cl. The lowest BCUT2D eigenvalue weighted by Gasteiger charge is -2.07. The third-order valence-corrected chi connectivity index (χ3v) is 2.14. The zero-order valence-corrected chi connectivity index (χ0v) is 8.79. The van der Waals surface area contributed by atoms with Crippen LogP contribution in [0.4, 0.5) is 5.69 Å². The smallest absolute Gasteiger partial charge is 0.324 e. The number of halogens is 1. The van der Waals surface area contributed by atoms with Crippen LogP contribution in [0.2, 0.25) is 5.02 Å². The van der Waals surface area contributed by atoms with Crippen molar-refractivity contribution < 1.29 is 24.7 Å². The van der Waals surface area contributed by atoms with E-state index in [0.717, 1.165) is 12.3 Å². The third kappa shape index (κ3) is 2.67. The van der Waals surface area contributed by atoms with Crippen LogP contribution in [-0.4, -0.2) is 32.1 Å². The molecule has 17 heavy (non-hydrogen) atoms. The van der Waals surface area contributed by atoms with Crippen molar-refractivity contribution in [3.63, 3.8) is 0 Å². The predicted molar refractivity (Wildman–Crippen MR) is 53.9 cm³/mol. The van der Waals surface area contributed by atoms with Crippen LogP contribution in [0.15, 0.2) is 12.3 Å². The van der Waals surface area contributed by atoms with E-state index in [4.69, 9.17) is 21.8 Å². The van der Waals surface area contributed by atoms with Gasteiger partial charge in [-0.1, -0.05) is 11.6 Å². The van der Waals surface area contributed by atoms with E-state index in [1.54, 1.807) is 0 Å². The van der Waals surface area contributed by atoms with Gasteiger partial charge in [0.1, 0.15) is 6.20 Å². The van der Waals surface area contributed by atoms with Crippen LogP contribution in [0.5, 0.6) is 0 Å². The molecule has 1 rings (SSSR count). The molecule has 90 valence electrons. The Balaban J connectivity index is 3.27. The first-order valence-corrected chi connectivity index (χ1v) is 4.48. The molecule has 1 aromatic rings. The Hall–Kier alpha value is -2.22. The Labute approximate surface area is 98.6 Å². The van der Waals surface area contributed by atoms with Gasteiger partial charge in [-0.25, -0.2) is 0 Å². The Morgan fingerprint density at radius 1 is 1.41 bits per heavy atom. The monoisotopic (exact) mass is 260 g/mol. The maximum absolute atomic E-state index is 10.7. The van der Waals surface area contributed by atoms with E-state index in [1.165, 1.54) is 0 Å². The van der Waals surface area contributed by atoms with Crippen LogP contribution < -0.4 is 0 Å². The highest BCUT2D eigenvalue weighted by Crippen LogP contribution is 2.26. The maximum Gasteiger partial charge on any atom is 0.324 e. The van der Waals surface area contributed by atoms with Gasteiger partial charge in [0.25, 0.3) is 5.69 Å². The number of aromatic nitrogens is 1. The van der Waals surface area contributed by atoms with Crippen LogP contribution in [-0.2, 0) is 9.59 Å². The fraction of sp³-hybridized carbons (Fsp3) is 0.125. The minimum atomic E-state index is -1.96. The summed E-state index contributed by atoms with van der Waals surface area (Å²) in [4.78, 5) is 34.4. The van der Waals surface area contributed by atoms with Crippen molar-refractivity contribution in [2.24, 2.45) is 0 Å². The molecule has 0 aromatic carbocycles. The molecule has 0 aliphatic heterocycles. The number of rotatable bonds is 4. The molecule has 0 fully saturated rings. The number of carboxylic acid groups (broad SMARTS) is 2. The predicted octanol–water partition coefficient (Wildman–Crippen LogP) is 0.896. The number of hydrogen-bond donors (Lipinski definition) is 2. The summed E-state index contributed by atoms with van der Waals surface area (Å²) >= 11 is 5.56. The van der Waals surface area contributed by atoms with Crippen molar-refractivity contribution >= 4 is 29.2 Å². The van der Waals surface area contributed by atoms with Crippen molar-refractivity contribution in [2.75, 3.05) is 0 Å². The second-order valence-corrected chi connectivity index (χ2v) is 3.33. The fourth-order valence-corrected chi connectivity index (χ4v) is 1.36. The van der Waals surface area contributed by atoms with Crippen LogP contribution in [0.3, 0.4) is 0 Å². The van der Waals surface area contributed by atoms with Crippen molar-refractivity contribution in [3.8, 4) is 0 Å². The highest BCUT2D eigenvalue weighted by molar-refractivity contribution is 6.32. The molecule has 9 heteroatoms. The van der Waals surface area contributed by atoms with Crippen molar-refractivity contribution in [3.05, 3.63) is 33.1 Å². The molecule has 2 N–H and O–H groups in total. The number of pyridine rings is 1. The largest absolute Gasteiger partial charge is 0.480 e. The lowest BCUT2D eigenvalue weighted by molar-refractivity contribution is -0.385. The van der Waals surface area contributed by atoms with Gasteiger partial charge in [0, 0.05) is 6.07 Å². The summed E-state index contributed by atoms with van der Waals surface area (Å²) in [5.41, 5.74) is -0.898. The van der Waals surface area contributed by atoms with Crippen LogP contribution >= 0.6 is 11.6 Å². The van der Waals surface area contributed by atoms with Gasteiger partial charge in [0.2, 0.25) is 0 Å². The summed E-state index contributed by atoms with van der Waals surface area (Å²) in [6, 6.07) is 0.850. The summed E-state index contributed by atoms with van der Waals surface area (Å²) in [7, 11) is 0. The molecule has 8 nitrogen and oxygen atoms in total. The number of carbonyl (C=O) groups is 2. The number of carboxylic acids is 2. The molecule has 0 unspecified atom stereocenters. The topological polar surface area (TPSA) is 131 Å². The molecule has 0 spiro atoms. The van der Waals surface area contributed by atoms with Gasteiger partial charge in [-0.2, -0.15) is 0 Å². The van der Waals surface area contributed by atoms with E-state index in [-0.39, 0.29) is 5.02 Å². The molecule has 0 bridgehead atoms. The third-order valence-electron chi connectivity index (χ3n) is 1.83. The van der Waals surface area contributed by atoms with Gasteiger partial charge in [0.05, 0.1) is 15.6 Å². The summed E-state index contributed by atoms with van der Waals surface area (Å²) in [5, 5.41) is 27.4. The van der Waals surface area contributed by atoms with Gasteiger partial charge in [-0.3, -0.25) is 24.7 Å². The van der Waals surface area contributed by atoms with E-state index in [9.17, 15) is 19.7 Å². The first kappa shape index (κ1) is 12.8. The number of hydrogen-bond acceptors (Lipinski definition) is 5. The molecule has 0 atom stereocenters. The minimum Gasteiger partial charge on any atom is -0.480 e. The average Bonchev–Trinajstić information content (AvgIpc) is 2.19. The highest BCUT2D eigenvalue weighted by Gasteiger charge is 2.32. The molecule has 0 aliphatic rings. The zero-order chi connectivity index (χ0) is 13.2. The second kappa shape index (κ2) is 4.74. The Morgan fingerprint density at radius 2 is 1.94 bits per heavy atom. The van der Waals surface area contributed by atoms with E-state index >= 15 is 0 Å². The normalized spacial score (nSPS) is 10.2. The maximum atomic E-state index is 10.7. The van der Waals surface area contributed by atoms with Crippen molar-refractivity contribution in [1.82, 2.24) is 4.98 Å². The second-order valence-electron chi connectivity index (χ2n) is 2.93. The van der Waals surface area contributed by atoms with Crippen molar-refractivity contribution in [2.45, 2.75) is 5.92 Å². The highest BCUT2D eigenvalue weighted by atomic mass is 35.5. The Bertz CT molecular complexity index is 489. The quantitative estimate of drug-likeness (QED) is 0.467. The lowest BCUT2D eigenvalue weighted by Crippen LogP contribution is -2.22. The number of nitro groups is 1. The van der Waals surface area contributed by atoms with Gasteiger partial charge in [-0.15, -0.1) is 0 Å². The minimum absolute atomic E-state index is 0.381. The van der Waals surface area contributed by atoms with Gasteiger partial charge in [-0.05, 0) is 0 Å². The molecule has 1 aromatic heterocycles. The summed E-state index contributed by atoms with van der Waals surface area (Å²) < 4.78 is 0. The van der Waals surface area contributed by atoms with Gasteiger partial charge < -0.3 is 10.2 Å². The van der Waals surface area contributed by atoms with Gasteiger partial charge >= 0.3 is 11.9 Å². The zero-order valence-electron chi connectivity index (χ0n) is 8.03. The van der Waals surface area contributed by atoms with E-state index in [2.05, 4.69) is 4.98 Å². The molecular weight excluding hydrogens is 256 g/mol. The number of aliphatic carboxylic acids is 2. The molecule has 0 amide bonds.